The summed E-state index contributed by atoms with van der Waals surface area (Å²) < 4.78 is 11.2. The van der Waals surface area contributed by atoms with Gasteiger partial charge in [-0.2, -0.15) is 0 Å². The molecule has 0 saturated carbocycles. The van der Waals surface area contributed by atoms with Crippen LogP contribution < -0.4 is 0 Å². The van der Waals surface area contributed by atoms with Gasteiger partial charge in [-0.25, -0.2) is 0 Å². The molecule has 0 aliphatic rings. The molecule has 0 aliphatic heterocycles. The van der Waals surface area contributed by atoms with E-state index in [1.165, 1.54) is 122 Å². The molecular formula is C55H94O4. The monoisotopic (exact) mass is 819 g/mol. The first-order valence-corrected chi connectivity index (χ1v) is 24.8. The van der Waals surface area contributed by atoms with Crippen molar-refractivity contribution in [1.29, 1.82) is 0 Å². The minimum absolute atomic E-state index is 0.188. The van der Waals surface area contributed by atoms with E-state index in [0.717, 1.165) is 77.0 Å². The van der Waals surface area contributed by atoms with Gasteiger partial charge in [-0.05, 0) is 96.3 Å². The Labute approximate surface area is 366 Å². The molecule has 0 aromatic rings. The lowest BCUT2D eigenvalue weighted by Gasteiger charge is -2.15. The van der Waals surface area contributed by atoms with Crippen LogP contribution in [0, 0.1) is 0 Å². The number of carbonyl (C=O) groups is 1. The number of allylic oxidation sites excluding steroid dienone is 16. The van der Waals surface area contributed by atoms with Crippen LogP contribution in [0.2, 0.25) is 0 Å². The van der Waals surface area contributed by atoms with E-state index < -0.39 is 6.10 Å². The number of hydrogen-bond donors (Lipinski definition) is 1. The molecule has 338 valence electrons. The summed E-state index contributed by atoms with van der Waals surface area (Å²) in [6.07, 6.45) is 73.5. The summed E-state index contributed by atoms with van der Waals surface area (Å²) in [5.74, 6) is -0.214. The molecule has 0 rings (SSSR count). The Morgan fingerprint density at radius 3 is 1.17 bits per heavy atom. The molecule has 4 heteroatoms. The Kier molecular flexibility index (Phi) is 49.1. The maximum absolute atomic E-state index is 12.3. The molecule has 1 N–H and O–H groups in total. The summed E-state index contributed by atoms with van der Waals surface area (Å²) in [6, 6.07) is 0. The number of aliphatic hydroxyl groups is 1. The molecule has 0 bridgehead atoms. The third kappa shape index (κ3) is 49.6. The fraction of sp³-hybridized carbons (Fsp3) is 0.691. The lowest BCUT2D eigenvalue weighted by Crippen LogP contribution is -2.27. The van der Waals surface area contributed by atoms with Crippen LogP contribution in [0.4, 0.5) is 0 Å². The zero-order chi connectivity index (χ0) is 42.6. The summed E-state index contributed by atoms with van der Waals surface area (Å²) in [4.78, 5) is 12.3. The maximum atomic E-state index is 12.3. The molecule has 4 nitrogen and oxygen atoms in total. The minimum atomic E-state index is -0.556. The lowest BCUT2D eigenvalue weighted by atomic mass is 10.1. The van der Waals surface area contributed by atoms with Crippen LogP contribution in [0.15, 0.2) is 97.2 Å². The first-order valence-electron chi connectivity index (χ1n) is 24.8. The highest BCUT2D eigenvalue weighted by molar-refractivity contribution is 5.69. The quantitative estimate of drug-likeness (QED) is 0.0378. The predicted molar refractivity (Wildman–Crippen MR) is 260 cm³/mol. The minimum Gasteiger partial charge on any atom is -0.457 e. The SMILES string of the molecule is CC/C=C\C/C=C\C/C=C\C/C=C\C/C=C\C/C=C\C/C=C\CCCCCCOCC(CO)OC(=O)CCCCCCCCCCC/C=C\CCCCCCCCCC. The predicted octanol–water partition coefficient (Wildman–Crippen LogP) is 16.9. The largest absolute Gasteiger partial charge is 0.457 e. The molecule has 59 heavy (non-hydrogen) atoms. The number of esters is 1. The van der Waals surface area contributed by atoms with Crippen molar-refractivity contribution < 1.29 is 19.4 Å². The average Bonchev–Trinajstić information content (AvgIpc) is 3.24. The highest BCUT2D eigenvalue weighted by Gasteiger charge is 2.13. The zero-order valence-electron chi connectivity index (χ0n) is 38.7. The molecular weight excluding hydrogens is 725 g/mol. The van der Waals surface area contributed by atoms with Gasteiger partial charge in [-0.1, -0.05) is 214 Å². The molecule has 0 saturated heterocycles. The maximum Gasteiger partial charge on any atom is 0.306 e. The normalized spacial score (nSPS) is 13.2. The van der Waals surface area contributed by atoms with E-state index in [0.29, 0.717) is 13.0 Å². The van der Waals surface area contributed by atoms with Crippen LogP contribution in [-0.4, -0.2) is 37.0 Å². The van der Waals surface area contributed by atoms with E-state index in [4.69, 9.17) is 9.47 Å². The highest BCUT2D eigenvalue weighted by atomic mass is 16.6. The summed E-state index contributed by atoms with van der Waals surface area (Å²) in [5, 5.41) is 9.64. The van der Waals surface area contributed by atoms with Gasteiger partial charge in [0.15, 0.2) is 0 Å². The van der Waals surface area contributed by atoms with Crippen molar-refractivity contribution in [2.24, 2.45) is 0 Å². The molecule has 0 aromatic heterocycles. The van der Waals surface area contributed by atoms with E-state index >= 15 is 0 Å². The van der Waals surface area contributed by atoms with E-state index in [2.05, 4.69) is 111 Å². The standard InChI is InChI=1S/C55H94O4/c1-3-5-7-9-11-13-15-17-19-21-23-25-26-27-28-29-31-33-35-37-39-41-43-45-47-49-51-58-53-54(52-56)59-55(57)50-48-46-44-42-40-38-36-34-32-30-24-22-20-18-16-14-12-10-8-6-4-2/h5,7,11,13,17,19,22-25,27-28,31,33,37,39,54,56H,3-4,6,8-10,12,14-16,18,20-21,26,29-30,32,34-36,38,40-53H2,1-2H3/b7-5-,13-11-,19-17-,24-22-,25-23-,28-27-,33-31-,39-37-. The molecule has 0 fully saturated rings. The molecule has 1 atom stereocenters. The Hall–Kier alpha value is -2.69. The number of hydrogen-bond acceptors (Lipinski definition) is 4. The van der Waals surface area contributed by atoms with Gasteiger partial charge in [0, 0.05) is 13.0 Å². The van der Waals surface area contributed by atoms with Gasteiger partial charge < -0.3 is 14.6 Å². The van der Waals surface area contributed by atoms with Crippen LogP contribution in [0.25, 0.3) is 0 Å². The van der Waals surface area contributed by atoms with E-state index in [1.807, 2.05) is 0 Å². The molecule has 0 spiro atoms. The van der Waals surface area contributed by atoms with Gasteiger partial charge in [-0.3, -0.25) is 4.79 Å². The van der Waals surface area contributed by atoms with Gasteiger partial charge in [0.25, 0.3) is 0 Å². The van der Waals surface area contributed by atoms with Crippen molar-refractivity contribution >= 4 is 5.97 Å². The van der Waals surface area contributed by atoms with Gasteiger partial charge in [0.05, 0.1) is 13.2 Å². The topological polar surface area (TPSA) is 55.8 Å². The van der Waals surface area contributed by atoms with Crippen LogP contribution >= 0.6 is 0 Å². The van der Waals surface area contributed by atoms with Gasteiger partial charge in [-0.15, -0.1) is 0 Å². The summed E-state index contributed by atoms with van der Waals surface area (Å²) in [7, 11) is 0. The van der Waals surface area contributed by atoms with Gasteiger partial charge >= 0.3 is 5.97 Å². The smallest absolute Gasteiger partial charge is 0.306 e. The lowest BCUT2D eigenvalue weighted by molar-refractivity contribution is -0.154. The third-order valence-electron chi connectivity index (χ3n) is 10.4. The first kappa shape index (κ1) is 56.3. The number of aliphatic hydroxyl groups excluding tert-OH is 1. The second kappa shape index (κ2) is 51.5. The van der Waals surface area contributed by atoms with Crippen LogP contribution in [0.1, 0.15) is 219 Å². The second-order valence-electron chi connectivity index (χ2n) is 16.2. The Morgan fingerprint density at radius 2 is 0.763 bits per heavy atom. The van der Waals surface area contributed by atoms with E-state index in [-0.39, 0.29) is 19.2 Å². The number of unbranched alkanes of at least 4 members (excludes halogenated alkanes) is 21. The van der Waals surface area contributed by atoms with Crippen molar-refractivity contribution in [3.63, 3.8) is 0 Å². The number of carbonyl (C=O) groups excluding carboxylic acids is 1. The van der Waals surface area contributed by atoms with Crippen molar-refractivity contribution in [3.05, 3.63) is 97.2 Å². The Bertz CT molecular complexity index is 1090. The van der Waals surface area contributed by atoms with Gasteiger partial charge in [0.2, 0.25) is 0 Å². The molecule has 0 heterocycles. The van der Waals surface area contributed by atoms with Crippen molar-refractivity contribution in [2.45, 2.75) is 225 Å². The zero-order valence-corrected chi connectivity index (χ0v) is 38.7. The summed E-state index contributed by atoms with van der Waals surface area (Å²) in [6.45, 7) is 5.17. The Morgan fingerprint density at radius 1 is 0.424 bits per heavy atom. The van der Waals surface area contributed by atoms with Crippen molar-refractivity contribution in [2.75, 3.05) is 19.8 Å². The van der Waals surface area contributed by atoms with Crippen molar-refractivity contribution in [1.82, 2.24) is 0 Å². The van der Waals surface area contributed by atoms with Crippen LogP contribution in [0.5, 0.6) is 0 Å². The number of rotatable bonds is 45. The van der Waals surface area contributed by atoms with Gasteiger partial charge in [0.1, 0.15) is 6.10 Å². The van der Waals surface area contributed by atoms with E-state index in [9.17, 15) is 9.90 Å². The van der Waals surface area contributed by atoms with Crippen molar-refractivity contribution in [3.8, 4) is 0 Å². The third-order valence-corrected chi connectivity index (χ3v) is 10.4. The molecule has 0 radical (unpaired) electrons. The highest BCUT2D eigenvalue weighted by Crippen LogP contribution is 2.14. The number of ether oxygens (including phenoxy) is 2. The van der Waals surface area contributed by atoms with E-state index in [1.54, 1.807) is 0 Å². The molecule has 0 aliphatic carbocycles. The summed E-state index contributed by atoms with van der Waals surface area (Å²) >= 11 is 0. The second-order valence-corrected chi connectivity index (χ2v) is 16.2. The Balaban J connectivity index is 3.53. The fourth-order valence-corrected chi connectivity index (χ4v) is 6.71. The fourth-order valence-electron chi connectivity index (χ4n) is 6.71. The first-order chi connectivity index (χ1) is 29.2. The van der Waals surface area contributed by atoms with Crippen LogP contribution in [-0.2, 0) is 14.3 Å². The average molecular weight is 819 g/mol. The molecule has 0 aromatic carbocycles. The van der Waals surface area contributed by atoms with Crippen LogP contribution in [0.3, 0.4) is 0 Å². The summed E-state index contributed by atoms with van der Waals surface area (Å²) in [5.41, 5.74) is 0. The molecule has 0 amide bonds. The molecule has 1 unspecified atom stereocenters.